The molecule has 1 aliphatic rings. The number of hydrogen-bond donors (Lipinski definition) is 2. The SMILES string of the molecule is CN(CC1(O)CCOCC1)C(=O)Cn1ccc(=O)[nH]c1=O. The average molecular weight is 297 g/mol. The number of hydrogen-bond acceptors (Lipinski definition) is 5. The summed E-state index contributed by atoms with van der Waals surface area (Å²) in [6.07, 6.45) is 2.22. The fourth-order valence-electron chi connectivity index (χ4n) is 2.27. The van der Waals surface area contributed by atoms with E-state index in [1.54, 1.807) is 7.05 Å². The Morgan fingerprint density at radius 1 is 1.48 bits per heavy atom. The van der Waals surface area contributed by atoms with Crippen molar-refractivity contribution in [3.8, 4) is 0 Å². The molecule has 2 N–H and O–H groups in total. The predicted molar refractivity (Wildman–Crippen MR) is 74.0 cm³/mol. The number of amides is 1. The van der Waals surface area contributed by atoms with Crippen molar-refractivity contribution in [1.29, 1.82) is 0 Å². The van der Waals surface area contributed by atoms with Crippen molar-refractivity contribution in [1.82, 2.24) is 14.5 Å². The van der Waals surface area contributed by atoms with Gasteiger partial charge in [-0.05, 0) is 0 Å². The van der Waals surface area contributed by atoms with Gasteiger partial charge in [-0.3, -0.25) is 19.1 Å². The molecule has 1 aromatic rings. The zero-order chi connectivity index (χ0) is 15.5. The molecule has 21 heavy (non-hydrogen) atoms. The first kappa shape index (κ1) is 15.5. The van der Waals surface area contributed by atoms with Gasteiger partial charge in [-0.2, -0.15) is 0 Å². The first-order chi connectivity index (χ1) is 9.89. The van der Waals surface area contributed by atoms with E-state index < -0.39 is 16.9 Å². The number of rotatable bonds is 4. The minimum Gasteiger partial charge on any atom is -0.388 e. The number of nitrogens with one attached hydrogen (secondary N) is 1. The highest BCUT2D eigenvalue weighted by Crippen LogP contribution is 2.21. The van der Waals surface area contributed by atoms with Crippen LogP contribution in [0.4, 0.5) is 0 Å². The van der Waals surface area contributed by atoms with E-state index in [1.807, 2.05) is 0 Å². The first-order valence-corrected chi connectivity index (χ1v) is 6.73. The lowest BCUT2D eigenvalue weighted by Crippen LogP contribution is -2.48. The Balaban J connectivity index is 1.99. The van der Waals surface area contributed by atoms with Crippen molar-refractivity contribution in [2.75, 3.05) is 26.8 Å². The normalized spacial score (nSPS) is 17.4. The molecule has 0 atom stereocenters. The molecule has 1 aliphatic heterocycles. The third-order valence-corrected chi connectivity index (χ3v) is 3.58. The van der Waals surface area contributed by atoms with E-state index in [0.717, 1.165) is 4.57 Å². The molecule has 0 aliphatic carbocycles. The molecular formula is C13H19N3O5. The molecule has 8 nitrogen and oxygen atoms in total. The highest BCUT2D eigenvalue weighted by atomic mass is 16.5. The summed E-state index contributed by atoms with van der Waals surface area (Å²) in [5.74, 6) is -0.316. The van der Waals surface area contributed by atoms with Crippen LogP contribution >= 0.6 is 0 Å². The zero-order valence-electron chi connectivity index (χ0n) is 11.9. The Morgan fingerprint density at radius 3 is 2.76 bits per heavy atom. The van der Waals surface area contributed by atoms with Crippen LogP contribution in [0.1, 0.15) is 12.8 Å². The number of likely N-dealkylation sites (N-methyl/N-ethyl adjacent to an activating group) is 1. The molecule has 0 unspecified atom stereocenters. The monoisotopic (exact) mass is 297 g/mol. The second-order valence-electron chi connectivity index (χ2n) is 5.32. The van der Waals surface area contributed by atoms with Crippen LogP contribution in [0.2, 0.25) is 0 Å². The van der Waals surface area contributed by atoms with Gasteiger partial charge in [-0.25, -0.2) is 4.79 Å². The number of carbonyl (C=O) groups is 1. The van der Waals surface area contributed by atoms with E-state index in [2.05, 4.69) is 4.98 Å². The van der Waals surface area contributed by atoms with Gasteiger partial charge in [0.15, 0.2) is 0 Å². The maximum absolute atomic E-state index is 12.1. The van der Waals surface area contributed by atoms with Crippen LogP contribution in [0, 0.1) is 0 Å². The molecule has 8 heteroatoms. The maximum atomic E-state index is 12.1. The summed E-state index contributed by atoms with van der Waals surface area (Å²) in [5, 5.41) is 10.4. The molecule has 1 amide bonds. The van der Waals surface area contributed by atoms with Gasteiger partial charge in [0, 0.05) is 51.9 Å². The largest absolute Gasteiger partial charge is 0.388 e. The molecule has 0 bridgehead atoms. The predicted octanol–water partition coefficient (Wildman–Crippen LogP) is -1.46. The van der Waals surface area contributed by atoms with Gasteiger partial charge in [0.25, 0.3) is 5.56 Å². The molecule has 1 fully saturated rings. The number of aromatic amines is 1. The van der Waals surface area contributed by atoms with Crippen molar-refractivity contribution in [3.05, 3.63) is 33.1 Å². The van der Waals surface area contributed by atoms with Crippen molar-refractivity contribution in [3.63, 3.8) is 0 Å². The second-order valence-corrected chi connectivity index (χ2v) is 5.32. The molecule has 0 spiro atoms. The fraction of sp³-hybridized carbons (Fsp3) is 0.615. The summed E-state index contributed by atoms with van der Waals surface area (Å²) in [4.78, 5) is 38.1. The first-order valence-electron chi connectivity index (χ1n) is 6.73. The molecule has 1 aromatic heterocycles. The molecule has 0 aromatic carbocycles. The van der Waals surface area contributed by atoms with Gasteiger partial charge in [0.05, 0.1) is 5.60 Å². The topological polar surface area (TPSA) is 105 Å². The summed E-state index contributed by atoms with van der Waals surface area (Å²) in [5.41, 5.74) is -2.08. The van der Waals surface area contributed by atoms with Crippen molar-refractivity contribution < 1.29 is 14.6 Å². The Kier molecular flexibility index (Phi) is 4.59. The summed E-state index contributed by atoms with van der Waals surface area (Å²) in [6.45, 7) is 0.946. The van der Waals surface area contributed by atoms with E-state index in [0.29, 0.717) is 26.1 Å². The van der Waals surface area contributed by atoms with Crippen LogP contribution < -0.4 is 11.2 Å². The summed E-state index contributed by atoms with van der Waals surface area (Å²) in [6, 6.07) is 1.18. The third kappa shape index (κ3) is 4.02. The van der Waals surface area contributed by atoms with Crippen molar-refractivity contribution in [2.45, 2.75) is 25.0 Å². The van der Waals surface area contributed by atoms with Crippen molar-refractivity contribution in [2.24, 2.45) is 0 Å². The number of H-pyrrole nitrogens is 1. The number of ether oxygens (including phenoxy) is 1. The van der Waals surface area contributed by atoms with Crippen LogP contribution in [0.3, 0.4) is 0 Å². The number of aromatic nitrogens is 2. The maximum Gasteiger partial charge on any atom is 0.328 e. The summed E-state index contributed by atoms with van der Waals surface area (Å²) < 4.78 is 6.31. The standard InChI is InChI=1S/C13H19N3O5/c1-15(9-13(20)3-6-21-7-4-13)11(18)8-16-5-2-10(17)14-12(16)19/h2,5,20H,3-4,6-9H2,1H3,(H,14,17,19). The van der Waals surface area contributed by atoms with Crippen LogP contribution in [0.15, 0.2) is 21.9 Å². The second kappa shape index (κ2) is 6.23. The van der Waals surface area contributed by atoms with E-state index in [-0.39, 0.29) is 19.0 Å². The lowest BCUT2D eigenvalue weighted by atomic mass is 9.94. The smallest absolute Gasteiger partial charge is 0.328 e. The van der Waals surface area contributed by atoms with Crippen LogP contribution in [-0.4, -0.2) is 57.9 Å². The average Bonchev–Trinajstić information content (AvgIpc) is 2.42. The molecule has 1 saturated heterocycles. The lowest BCUT2D eigenvalue weighted by Gasteiger charge is -2.35. The highest BCUT2D eigenvalue weighted by Gasteiger charge is 2.32. The van der Waals surface area contributed by atoms with Crippen LogP contribution in [0.25, 0.3) is 0 Å². The Hall–Kier alpha value is -1.93. The zero-order valence-corrected chi connectivity index (χ0v) is 11.9. The van der Waals surface area contributed by atoms with Gasteiger partial charge < -0.3 is 14.7 Å². The highest BCUT2D eigenvalue weighted by molar-refractivity contribution is 5.75. The number of carbonyl (C=O) groups excluding carboxylic acids is 1. The number of aliphatic hydroxyl groups is 1. The van der Waals surface area contributed by atoms with E-state index in [1.165, 1.54) is 17.2 Å². The van der Waals surface area contributed by atoms with Gasteiger partial charge in [-0.1, -0.05) is 0 Å². The fourth-order valence-corrected chi connectivity index (χ4v) is 2.27. The molecule has 0 radical (unpaired) electrons. The molecule has 2 heterocycles. The molecule has 0 saturated carbocycles. The van der Waals surface area contributed by atoms with E-state index in [4.69, 9.17) is 4.74 Å². The van der Waals surface area contributed by atoms with E-state index in [9.17, 15) is 19.5 Å². The molecular weight excluding hydrogens is 278 g/mol. The minimum absolute atomic E-state index is 0.182. The Bertz CT molecular complexity index is 615. The van der Waals surface area contributed by atoms with Crippen LogP contribution in [0.5, 0.6) is 0 Å². The lowest BCUT2D eigenvalue weighted by molar-refractivity contribution is -0.137. The van der Waals surface area contributed by atoms with Gasteiger partial charge in [0.1, 0.15) is 6.54 Å². The molecule has 2 rings (SSSR count). The van der Waals surface area contributed by atoms with Gasteiger partial charge in [0.2, 0.25) is 5.91 Å². The van der Waals surface area contributed by atoms with Crippen LogP contribution in [-0.2, 0) is 16.1 Å². The third-order valence-electron chi connectivity index (χ3n) is 3.58. The van der Waals surface area contributed by atoms with E-state index >= 15 is 0 Å². The van der Waals surface area contributed by atoms with Gasteiger partial charge >= 0.3 is 5.69 Å². The Labute approximate surface area is 121 Å². The molecule has 116 valence electrons. The minimum atomic E-state index is -0.946. The quantitative estimate of drug-likeness (QED) is 0.706. The summed E-state index contributed by atoms with van der Waals surface area (Å²) in [7, 11) is 1.58. The number of nitrogens with zero attached hydrogens (tertiary/aromatic N) is 2. The Morgan fingerprint density at radius 2 is 2.14 bits per heavy atom. The summed E-state index contributed by atoms with van der Waals surface area (Å²) >= 11 is 0. The van der Waals surface area contributed by atoms with Crippen molar-refractivity contribution >= 4 is 5.91 Å². The van der Waals surface area contributed by atoms with Gasteiger partial charge in [-0.15, -0.1) is 0 Å².